The standard InChI is InChI=1S/C17H21NO3/c1-12-4-7-15(8-5-12)18(11-10-17(19)20)14(3)16-9-6-13(2)21-16/h4-9,14H,10-11H2,1-3H3,(H,19,20). The number of anilines is 1. The molecule has 1 atom stereocenters. The fraction of sp³-hybridized carbons (Fsp3) is 0.353. The van der Waals surface area contributed by atoms with Gasteiger partial charge in [0, 0.05) is 12.2 Å². The molecule has 2 rings (SSSR count). The summed E-state index contributed by atoms with van der Waals surface area (Å²) in [6.45, 7) is 6.41. The van der Waals surface area contributed by atoms with Crippen molar-refractivity contribution in [2.45, 2.75) is 33.2 Å². The van der Waals surface area contributed by atoms with Crippen molar-refractivity contribution in [1.29, 1.82) is 0 Å². The number of hydrogen-bond acceptors (Lipinski definition) is 3. The number of aliphatic carboxylic acids is 1. The van der Waals surface area contributed by atoms with Crippen molar-refractivity contribution in [3.63, 3.8) is 0 Å². The van der Waals surface area contributed by atoms with Gasteiger partial charge in [-0.15, -0.1) is 0 Å². The number of rotatable bonds is 6. The Hall–Kier alpha value is -2.23. The van der Waals surface area contributed by atoms with Gasteiger partial charge in [0.15, 0.2) is 0 Å². The van der Waals surface area contributed by atoms with Crippen molar-refractivity contribution < 1.29 is 14.3 Å². The SMILES string of the molecule is Cc1ccc(N(CCC(=O)O)C(C)c2ccc(C)o2)cc1. The number of furan rings is 1. The number of carboxylic acids is 1. The Morgan fingerprint density at radius 3 is 2.38 bits per heavy atom. The van der Waals surface area contributed by atoms with Gasteiger partial charge in [0.1, 0.15) is 11.5 Å². The predicted octanol–water partition coefficient (Wildman–Crippen LogP) is 3.94. The van der Waals surface area contributed by atoms with E-state index < -0.39 is 5.97 Å². The fourth-order valence-electron chi connectivity index (χ4n) is 2.33. The van der Waals surface area contributed by atoms with E-state index >= 15 is 0 Å². The van der Waals surface area contributed by atoms with Crippen molar-refractivity contribution in [3.05, 3.63) is 53.5 Å². The van der Waals surface area contributed by atoms with Crippen LogP contribution < -0.4 is 4.90 Å². The normalized spacial score (nSPS) is 12.1. The molecule has 0 saturated heterocycles. The second kappa shape index (κ2) is 6.48. The highest BCUT2D eigenvalue weighted by molar-refractivity contribution is 5.67. The first-order valence-electron chi connectivity index (χ1n) is 7.09. The predicted molar refractivity (Wildman–Crippen MR) is 82.6 cm³/mol. The molecule has 4 heteroatoms. The molecule has 2 aromatic rings. The third kappa shape index (κ3) is 3.88. The Balaban J connectivity index is 2.26. The Kier molecular flexibility index (Phi) is 4.68. The first kappa shape index (κ1) is 15.2. The molecule has 0 bridgehead atoms. The number of carboxylic acid groups (broad SMARTS) is 1. The minimum Gasteiger partial charge on any atom is -0.481 e. The van der Waals surface area contributed by atoms with E-state index in [1.165, 1.54) is 5.56 Å². The summed E-state index contributed by atoms with van der Waals surface area (Å²) in [7, 11) is 0. The minimum atomic E-state index is -0.796. The maximum absolute atomic E-state index is 10.9. The lowest BCUT2D eigenvalue weighted by molar-refractivity contribution is -0.136. The molecule has 4 nitrogen and oxygen atoms in total. The monoisotopic (exact) mass is 287 g/mol. The van der Waals surface area contributed by atoms with Crippen LogP contribution in [0.15, 0.2) is 40.8 Å². The summed E-state index contributed by atoms with van der Waals surface area (Å²) in [6.07, 6.45) is 0.0951. The summed E-state index contributed by atoms with van der Waals surface area (Å²) >= 11 is 0. The van der Waals surface area contributed by atoms with Crippen LogP contribution in [0.2, 0.25) is 0 Å². The molecule has 0 aliphatic heterocycles. The van der Waals surface area contributed by atoms with Crippen LogP contribution in [-0.4, -0.2) is 17.6 Å². The summed E-state index contributed by atoms with van der Waals surface area (Å²) in [6, 6.07) is 12.0. The summed E-state index contributed by atoms with van der Waals surface area (Å²) < 4.78 is 5.69. The van der Waals surface area contributed by atoms with Gasteiger partial charge in [-0.1, -0.05) is 17.7 Å². The maximum atomic E-state index is 10.9. The van der Waals surface area contributed by atoms with Crippen molar-refractivity contribution in [3.8, 4) is 0 Å². The lowest BCUT2D eigenvalue weighted by Gasteiger charge is -2.30. The van der Waals surface area contributed by atoms with Crippen molar-refractivity contribution in [2.75, 3.05) is 11.4 Å². The van der Waals surface area contributed by atoms with Crippen LogP contribution >= 0.6 is 0 Å². The third-order valence-electron chi connectivity index (χ3n) is 3.57. The zero-order valence-corrected chi connectivity index (χ0v) is 12.7. The van der Waals surface area contributed by atoms with E-state index in [4.69, 9.17) is 9.52 Å². The van der Waals surface area contributed by atoms with Gasteiger partial charge in [-0.2, -0.15) is 0 Å². The van der Waals surface area contributed by atoms with Crippen LogP contribution in [0.5, 0.6) is 0 Å². The van der Waals surface area contributed by atoms with Crippen molar-refractivity contribution >= 4 is 11.7 Å². The van der Waals surface area contributed by atoms with E-state index in [0.717, 1.165) is 17.2 Å². The molecule has 0 aliphatic carbocycles. The van der Waals surface area contributed by atoms with Crippen LogP contribution in [0.4, 0.5) is 5.69 Å². The van der Waals surface area contributed by atoms with E-state index in [-0.39, 0.29) is 12.5 Å². The minimum absolute atomic E-state index is 0.0132. The molecule has 1 unspecified atom stereocenters. The highest BCUT2D eigenvalue weighted by Crippen LogP contribution is 2.28. The van der Waals surface area contributed by atoms with Gasteiger partial charge < -0.3 is 14.4 Å². The topological polar surface area (TPSA) is 53.7 Å². The summed E-state index contributed by atoms with van der Waals surface area (Å²) in [4.78, 5) is 13.0. The number of benzene rings is 1. The molecule has 1 aromatic heterocycles. The lowest BCUT2D eigenvalue weighted by atomic mass is 10.1. The lowest BCUT2D eigenvalue weighted by Crippen LogP contribution is -2.29. The smallest absolute Gasteiger partial charge is 0.305 e. The number of nitrogens with zero attached hydrogens (tertiary/aromatic N) is 1. The van der Waals surface area contributed by atoms with Gasteiger partial charge in [0.2, 0.25) is 0 Å². The molecular formula is C17H21NO3. The second-order valence-corrected chi connectivity index (χ2v) is 5.30. The molecule has 0 spiro atoms. The Morgan fingerprint density at radius 1 is 1.19 bits per heavy atom. The van der Waals surface area contributed by atoms with E-state index in [1.54, 1.807) is 0 Å². The molecule has 21 heavy (non-hydrogen) atoms. The average Bonchev–Trinajstić information content (AvgIpc) is 2.87. The number of carbonyl (C=O) groups is 1. The Labute approximate surface area is 125 Å². The van der Waals surface area contributed by atoms with E-state index in [1.807, 2.05) is 57.2 Å². The quantitative estimate of drug-likeness (QED) is 0.874. The van der Waals surface area contributed by atoms with Crippen LogP contribution in [0.3, 0.4) is 0 Å². The van der Waals surface area contributed by atoms with E-state index in [9.17, 15) is 4.79 Å². The second-order valence-electron chi connectivity index (χ2n) is 5.30. The van der Waals surface area contributed by atoms with Crippen LogP contribution in [0, 0.1) is 13.8 Å². The zero-order valence-electron chi connectivity index (χ0n) is 12.7. The van der Waals surface area contributed by atoms with Crippen LogP contribution in [-0.2, 0) is 4.79 Å². The van der Waals surface area contributed by atoms with Gasteiger partial charge in [-0.05, 0) is 45.0 Å². The van der Waals surface area contributed by atoms with Gasteiger partial charge in [0.25, 0.3) is 0 Å². The van der Waals surface area contributed by atoms with Crippen LogP contribution in [0.1, 0.15) is 36.5 Å². The average molecular weight is 287 g/mol. The van der Waals surface area contributed by atoms with Gasteiger partial charge >= 0.3 is 5.97 Å². The number of aryl methyl sites for hydroxylation is 2. The van der Waals surface area contributed by atoms with Gasteiger partial charge in [0.05, 0.1) is 12.5 Å². The molecule has 1 N–H and O–H groups in total. The highest BCUT2D eigenvalue weighted by Gasteiger charge is 2.20. The van der Waals surface area contributed by atoms with Crippen LogP contribution in [0.25, 0.3) is 0 Å². The summed E-state index contributed by atoms with van der Waals surface area (Å²) in [5, 5.41) is 8.96. The molecule has 112 valence electrons. The molecule has 1 heterocycles. The van der Waals surface area contributed by atoms with Gasteiger partial charge in [-0.3, -0.25) is 4.79 Å². The highest BCUT2D eigenvalue weighted by atomic mass is 16.4. The molecular weight excluding hydrogens is 266 g/mol. The Morgan fingerprint density at radius 2 is 1.86 bits per heavy atom. The van der Waals surface area contributed by atoms with E-state index in [0.29, 0.717) is 6.54 Å². The van der Waals surface area contributed by atoms with Crippen molar-refractivity contribution in [1.82, 2.24) is 0 Å². The maximum Gasteiger partial charge on any atom is 0.305 e. The summed E-state index contributed by atoms with van der Waals surface area (Å²) in [5.41, 5.74) is 2.18. The molecule has 0 aliphatic rings. The zero-order chi connectivity index (χ0) is 15.4. The fourth-order valence-corrected chi connectivity index (χ4v) is 2.33. The molecule has 0 saturated carbocycles. The molecule has 0 amide bonds. The first-order chi connectivity index (χ1) is 9.97. The first-order valence-corrected chi connectivity index (χ1v) is 7.09. The van der Waals surface area contributed by atoms with E-state index in [2.05, 4.69) is 4.90 Å². The number of hydrogen-bond donors (Lipinski definition) is 1. The molecule has 0 fully saturated rings. The molecule has 1 aromatic carbocycles. The Bertz CT molecular complexity index is 601. The van der Waals surface area contributed by atoms with Gasteiger partial charge in [-0.25, -0.2) is 0 Å². The van der Waals surface area contributed by atoms with Crippen molar-refractivity contribution in [2.24, 2.45) is 0 Å². The largest absolute Gasteiger partial charge is 0.481 e. The third-order valence-corrected chi connectivity index (χ3v) is 3.57. The molecule has 0 radical (unpaired) electrons. The summed E-state index contributed by atoms with van der Waals surface area (Å²) in [5.74, 6) is 0.910.